The van der Waals surface area contributed by atoms with Crippen LogP contribution in [0.15, 0.2) is 24.3 Å². The number of hydrogen-bond donors (Lipinski definition) is 2. The van der Waals surface area contributed by atoms with Crippen LogP contribution in [-0.2, 0) is 4.74 Å². The van der Waals surface area contributed by atoms with Gasteiger partial charge in [0.05, 0.1) is 24.3 Å². The molecule has 126 valence electrons. The van der Waals surface area contributed by atoms with E-state index in [1.165, 1.54) is 0 Å². The van der Waals surface area contributed by atoms with E-state index >= 15 is 0 Å². The highest BCUT2D eigenvalue weighted by Crippen LogP contribution is 2.24. The van der Waals surface area contributed by atoms with Crippen LogP contribution in [0.25, 0.3) is 0 Å². The molecule has 5 nitrogen and oxygen atoms in total. The molecule has 1 aromatic carbocycles. The number of nitrogens with zero attached hydrogens (tertiary/aromatic N) is 1. The van der Waals surface area contributed by atoms with Gasteiger partial charge in [0.15, 0.2) is 0 Å². The number of aliphatic hydroxyl groups is 1. The Bertz CT molecular complexity index is 529. The quantitative estimate of drug-likeness (QED) is 0.844. The van der Waals surface area contributed by atoms with Crippen molar-refractivity contribution in [3.63, 3.8) is 0 Å². The summed E-state index contributed by atoms with van der Waals surface area (Å²) in [5.74, 6) is 0.0155. The summed E-state index contributed by atoms with van der Waals surface area (Å²) >= 11 is 0. The van der Waals surface area contributed by atoms with Crippen LogP contribution in [-0.4, -0.2) is 54.4 Å². The summed E-state index contributed by atoms with van der Waals surface area (Å²) in [5, 5.41) is 12.8. The third-order valence-electron chi connectivity index (χ3n) is 4.81. The van der Waals surface area contributed by atoms with Crippen LogP contribution in [0.2, 0.25) is 0 Å². The van der Waals surface area contributed by atoms with Crippen LogP contribution in [0.1, 0.15) is 42.5 Å². The number of amides is 1. The molecule has 2 aliphatic heterocycles. The number of anilines is 1. The summed E-state index contributed by atoms with van der Waals surface area (Å²) in [4.78, 5) is 14.6. The topological polar surface area (TPSA) is 61.8 Å². The molecular formula is C18H26N2O3. The molecule has 1 aromatic rings. The second-order valence-electron chi connectivity index (χ2n) is 6.37. The molecule has 0 radical (unpaired) electrons. The number of carbonyl (C=O) groups is 1. The molecule has 2 aliphatic rings. The maximum absolute atomic E-state index is 12.8. The van der Waals surface area contributed by atoms with Crippen LogP contribution < -0.4 is 5.32 Å². The first-order valence-corrected chi connectivity index (χ1v) is 8.66. The van der Waals surface area contributed by atoms with Gasteiger partial charge in [-0.2, -0.15) is 0 Å². The number of benzene rings is 1. The summed E-state index contributed by atoms with van der Waals surface area (Å²) in [7, 11) is 0. The molecule has 0 spiro atoms. The Morgan fingerprint density at radius 2 is 2.17 bits per heavy atom. The molecule has 0 unspecified atom stereocenters. The number of aliphatic hydroxyl groups excluding tert-OH is 1. The molecule has 5 heteroatoms. The molecule has 0 aliphatic carbocycles. The highest BCUT2D eigenvalue weighted by Gasteiger charge is 2.29. The molecule has 2 atom stereocenters. The summed E-state index contributed by atoms with van der Waals surface area (Å²) in [6.45, 7) is 2.45. The first-order valence-electron chi connectivity index (χ1n) is 8.66. The lowest BCUT2D eigenvalue weighted by Gasteiger charge is -2.24. The lowest BCUT2D eigenvalue weighted by atomic mass is 10.1. The second kappa shape index (κ2) is 7.79. The first kappa shape index (κ1) is 16.3. The van der Waals surface area contributed by atoms with Gasteiger partial charge < -0.3 is 20.1 Å². The zero-order valence-electron chi connectivity index (χ0n) is 13.5. The van der Waals surface area contributed by atoms with Gasteiger partial charge in [0.25, 0.3) is 5.91 Å². The largest absolute Gasteiger partial charge is 0.394 e. The maximum atomic E-state index is 12.8. The van der Waals surface area contributed by atoms with Crippen molar-refractivity contribution >= 4 is 11.6 Å². The second-order valence-corrected chi connectivity index (χ2v) is 6.37. The van der Waals surface area contributed by atoms with Crippen LogP contribution in [0.4, 0.5) is 5.69 Å². The van der Waals surface area contributed by atoms with Crippen molar-refractivity contribution in [1.82, 2.24) is 4.90 Å². The van der Waals surface area contributed by atoms with Crippen molar-refractivity contribution in [3.05, 3.63) is 29.8 Å². The lowest BCUT2D eigenvalue weighted by Crippen LogP contribution is -2.38. The van der Waals surface area contributed by atoms with Crippen LogP contribution >= 0.6 is 0 Å². The highest BCUT2D eigenvalue weighted by atomic mass is 16.5. The minimum atomic E-state index is -0.0394. The van der Waals surface area contributed by atoms with Crippen molar-refractivity contribution in [2.24, 2.45) is 0 Å². The lowest BCUT2D eigenvalue weighted by molar-refractivity contribution is 0.0678. The Hall–Kier alpha value is -1.59. The number of carbonyl (C=O) groups excluding carboxylic acids is 1. The summed E-state index contributed by atoms with van der Waals surface area (Å²) < 4.78 is 5.64. The summed E-state index contributed by atoms with van der Waals surface area (Å²) in [6.07, 6.45) is 5.45. The Morgan fingerprint density at radius 3 is 2.96 bits per heavy atom. The van der Waals surface area contributed by atoms with Gasteiger partial charge in [-0.25, -0.2) is 0 Å². The normalized spacial score (nSPS) is 24.1. The number of para-hydroxylation sites is 1. The SMILES string of the molecule is O=C(c1ccccc1NCC[C@@H]1CCCO1)N1CCC[C@@H]1CO. The molecule has 23 heavy (non-hydrogen) atoms. The Labute approximate surface area is 137 Å². The molecule has 0 bridgehead atoms. The van der Waals surface area contributed by atoms with Gasteiger partial charge in [-0.3, -0.25) is 4.79 Å². The van der Waals surface area contributed by atoms with Gasteiger partial charge in [-0.05, 0) is 44.2 Å². The van der Waals surface area contributed by atoms with E-state index in [4.69, 9.17) is 4.74 Å². The van der Waals surface area contributed by atoms with Crippen molar-refractivity contribution < 1.29 is 14.6 Å². The van der Waals surface area contributed by atoms with Gasteiger partial charge in [-0.15, -0.1) is 0 Å². The smallest absolute Gasteiger partial charge is 0.256 e. The van der Waals surface area contributed by atoms with Crippen LogP contribution in [0.5, 0.6) is 0 Å². The first-order chi connectivity index (χ1) is 11.3. The van der Waals surface area contributed by atoms with Crippen LogP contribution in [0, 0.1) is 0 Å². The Balaban J connectivity index is 1.63. The molecule has 2 heterocycles. The van der Waals surface area contributed by atoms with Crippen molar-refractivity contribution in [3.8, 4) is 0 Å². The van der Waals surface area contributed by atoms with Gasteiger partial charge in [0.1, 0.15) is 0 Å². The average Bonchev–Trinajstić information content (AvgIpc) is 3.26. The van der Waals surface area contributed by atoms with E-state index in [9.17, 15) is 9.90 Å². The molecule has 2 fully saturated rings. The van der Waals surface area contributed by atoms with E-state index in [-0.39, 0.29) is 18.6 Å². The fraction of sp³-hybridized carbons (Fsp3) is 0.611. The fourth-order valence-electron chi connectivity index (χ4n) is 3.51. The van der Waals surface area contributed by atoms with Gasteiger partial charge in [0, 0.05) is 25.4 Å². The zero-order valence-corrected chi connectivity index (χ0v) is 13.5. The molecule has 2 N–H and O–H groups in total. The number of rotatable bonds is 6. The predicted molar refractivity (Wildman–Crippen MR) is 89.7 cm³/mol. The Morgan fingerprint density at radius 1 is 1.30 bits per heavy atom. The number of nitrogens with one attached hydrogen (secondary N) is 1. The number of likely N-dealkylation sites (tertiary alicyclic amines) is 1. The van der Waals surface area contributed by atoms with Crippen LogP contribution in [0.3, 0.4) is 0 Å². The van der Waals surface area contributed by atoms with E-state index in [0.29, 0.717) is 11.7 Å². The van der Waals surface area contributed by atoms with E-state index in [1.807, 2.05) is 24.3 Å². The number of ether oxygens (including phenoxy) is 1. The highest BCUT2D eigenvalue weighted by molar-refractivity contribution is 5.99. The summed E-state index contributed by atoms with van der Waals surface area (Å²) in [5.41, 5.74) is 1.57. The monoisotopic (exact) mass is 318 g/mol. The summed E-state index contributed by atoms with van der Waals surface area (Å²) in [6, 6.07) is 7.61. The zero-order chi connectivity index (χ0) is 16.1. The molecule has 3 rings (SSSR count). The predicted octanol–water partition coefficient (Wildman–Crippen LogP) is 2.26. The van der Waals surface area contributed by atoms with Crippen molar-refractivity contribution in [2.45, 2.75) is 44.2 Å². The van der Waals surface area contributed by atoms with E-state index in [1.54, 1.807) is 4.90 Å². The van der Waals surface area contributed by atoms with E-state index < -0.39 is 0 Å². The third-order valence-corrected chi connectivity index (χ3v) is 4.81. The fourth-order valence-corrected chi connectivity index (χ4v) is 3.51. The van der Waals surface area contributed by atoms with Crippen molar-refractivity contribution in [2.75, 3.05) is 31.6 Å². The van der Waals surface area contributed by atoms with Crippen molar-refractivity contribution in [1.29, 1.82) is 0 Å². The minimum Gasteiger partial charge on any atom is -0.394 e. The minimum absolute atomic E-state index is 0.0155. The average molecular weight is 318 g/mol. The standard InChI is InChI=1S/C18H26N2O3/c21-13-14-5-3-11-20(14)18(22)16-7-1-2-8-17(16)19-10-9-15-6-4-12-23-15/h1-2,7-8,14-15,19,21H,3-6,9-13H2/t14-,15+/m1/s1. The maximum Gasteiger partial charge on any atom is 0.256 e. The molecule has 0 aromatic heterocycles. The molecule has 1 amide bonds. The number of hydrogen-bond acceptors (Lipinski definition) is 4. The molecule has 2 saturated heterocycles. The van der Waals surface area contributed by atoms with E-state index in [0.717, 1.165) is 57.5 Å². The molecule has 0 saturated carbocycles. The van der Waals surface area contributed by atoms with Gasteiger partial charge in [-0.1, -0.05) is 12.1 Å². The third kappa shape index (κ3) is 3.85. The Kier molecular flexibility index (Phi) is 5.51. The van der Waals surface area contributed by atoms with Gasteiger partial charge >= 0.3 is 0 Å². The van der Waals surface area contributed by atoms with E-state index in [2.05, 4.69) is 5.32 Å². The molecular weight excluding hydrogens is 292 g/mol. The van der Waals surface area contributed by atoms with Gasteiger partial charge in [0.2, 0.25) is 0 Å².